The monoisotopic (exact) mass is 323 g/mol. The minimum atomic E-state index is -0.270. The molecule has 3 heterocycles. The molecule has 4 rings (SSSR count). The maximum Gasteiger partial charge on any atom is 0.247 e. The Morgan fingerprint density at radius 3 is 2.92 bits per heavy atom. The average molecular weight is 323 g/mol. The van der Waals surface area contributed by atoms with Crippen molar-refractivity contribution in [2.24, 2.45) is 5.92 Å². The van der Waals surface area contributed by atoms with Crippen LogP contribution in [0.4, 0.5) is 23.0 Å². The molecule has 6 nitrogen and oxygen atoms in total. The highest BCUT2D eigenvalue weighted by Gasteiger charge is 2.32. The predicted molar refractivity (Wildman–Crippen MR) is 94.7 cm³/mol. The Morgan fingerprint density at radius 1 is 1.25 bits per heavy atom. The predicted octanol–water partition coefficient (Wildman–Crippen LogP) is 2.95. The van der Waals surface area contributed by atoms with Crippen LogP contribution in [-0.2, 0) is 11.2 Å². The topological polar surface area (TPSA) is 70.2 Å². The first-order chi connectivity index (χ1) is 11.6. The fraction of sp³-hybridized carbons (Fsp3) is 0.389. The van der Waals surface area contributed by atoms with Gasteiger partial charge in [0.15, 0.2) is 11.6 Å². The number of aryl methyl sites for hydroxylation is 1. The van der Waals surface area contributed by atoms with Gasteiger partial charge in [0.25, 0.3) is 0 Å². The van der Waals surface area contributed by atoms with Crippen LogP contribution in [0.5, 0.6) is 0 Å². The molecule has 1 unspecified atom stereocenters. The van der Waals surface area contributed by atoms with Crippen LogP contribution < -0.4 is 15.5 Å². The van der Waals surface area contributed by atoms with Crippen molar-refractivity contribution in [1.29, 1.82) is 0 Å². The molecule has 0 saturated heterocycles. The van der Waals surface area contributed by atoms with Crippen molar-refractivity contribution in [2.45, 2.75) is 32.7 Å². The smallest absolute Gasteiger partial charge is 0.247 e. The van der Waals surface area contributed by atoms with Gasteiger partial charge in [0.1, 0.15) is 18.1 Å². The van der Waals surface area contributed by atoms with Gasteiger partial charge >= 0.3 is 0 Å². The van der Waals surface area contributed by atoms with Gasteiger partial charge in [-0.05, 0) is 30.4 Å². The average Bonchev–Trinajstić information content (AvgIpc) is 2.60. The molecular formula is C18H21N5O. The maximum absolute atomic E-state index is 12.4. The number of hydrogen-bond donors (Lipinski definition) is 2. The van der Waals surface area contributed by atoms with Gasteiger partial charge in [0.05, 0.1) is 0 Å². The van der Waals surface area contributed by atoms with Crippen molar-refractivity contribution < 1.29 is 4.79 Å². The second-order valence-electron chi connectivity index (χ2n) is 6.66. The van der Waals surface area contributed by atoms with E-state index in [0.29, 0.717) is 11.5 Å². The van der Waals surface area contributed by atoms with E-state index < -0.39 is 0 Å². The molecule has 24 heavy (non-hydrogen) atoms. The summed E-state index contributed by atoms with van der Waals surface area (Å²) in [5.41, 5.74) is 3.15. The number of para-hydroxylation sites is 1. The highest BCUT2D eigenvalue weighted by Crippen LogP contribution is 2.40. The summed E-state index contributed by atoms with van der Waals surface area (Å²) in [6, 6.07) is 8.10. The third kappa shape index (κ3) is 2.38. The Labute approximate surface area is 141 Å². The maximum atomic E-state index is 12.4. The quantitative estimate of drug-likeness (QED) is 0.889. The molecule has 1 atom stereocenters. The first kappa shape index (κ1) is 14.9. The molecule has 0 radical (unpaired) electrons. The summed E-state index contributed by atoms with van der Waals surface area (Å²) in [6.45, 7) is 4.92. The number of nitrogens with zero attached hydrogens (tertiary/aromatic N) is 3. The summed E-state index contributed by atoms with van der Waals surface area (Å²) in [7, 11) is 0. The highest BCUT2D eigenvalue weighted by molar-refractivity contribution is 6.05. The number of nitrogens with one attached hydrogen (secondary N) is 2. The van der Waals surface area contributed by atoms with Crippen molar-refractivity contribution in [3.63, 3.8) is 0 Å². The second kappa shape index (κ2) is 5.78. The van der Waals surface area contributed by atoms with E-state index >= 15 is 0 Å². The minimum Gasteiger partial charge on any atom is -0.356 e. The highest BCUT2D eigenvalue weighted by atomic mass is 16.2. The molecule has 1 aromatic carbocycles. The van der Waals surface area contributed by atoms with Gasteiger partial charge in [-0.2, -0.15) is 0 Å². The van der Waals surface area contributed by atoms with Crippen molar-refractivity contribution in [1.82, 2.24) is 9.97 Å². The summed E-state index contributed by atoms with van der Waals surface area (Å²) in [6.07, 6.45) is 3.69. The van der Waals surface area contributed by atoms with Crippen molar-refractivity contribution in [3.8, 4) is 0 Å². The molecule has 6 heteroatoms. The van der Waals surface area contributed by atoms with E-state index in [-0.39, 0.29) is 17.9 Å². The number of carbonyl (C=O) groups excluding carboxylic acids is 1. The molecule has 0 fully saturated rings. The summed E-state index contributed by atoms with van der Waals surface area (Å²) < 4.78 is 0. The lowest BCUT2D eigenvalue weighted by atomic mass is 10.0. The Balaban J connectivity index is 1.77. The summed E-state index contributed by atoms with van der Waals surface area (Å²) >= 11 is 0. The van der Waals surface area contributed by atoms with Gasteiger partial charge in [0, 0.05) is 12.2 Å². The van der Waals surface area contributed by atoms with E-state index in [2.05, 4.69) is 43.7 Å². The van der Waals surface area contributed by atoms with E-state index in [0.717, 1.165) is 30.9 Å². The molecule has 2 aromatic rings. The lowest BCUT2D eigenvalue weighted by Gasteiger charge is -2.34. The molecule has 0 aliphatic carbocycles. The molecule has 124 valence electrons. The molecule has 2 N–H and O–H groups in total. The SMILES string of the molecule is CC(C)C1Nc2ncnc(N3CCCc4ccccc43)c2NC1=O. The second-order valence-corrected chi connectivity index (χ2v) is 6.66. The molecule has 0 spiro atoms. The van der Waals surface area contributed by atoms with Gasteiger partial charge in [-0.3, -0.25) is 4.79 Å². The van der Waals surface area contributed by atoms with E-state index in [9.17, 15) is 4.79 Å². The summed E-state index contributed by atoms with van der Waals surface area (Å²) in [5.74, 6) is 1.61. The van der Waals surface area contributed by atoms with Crippen molar-refractivity contribution >= 4 is 28.9 Å². The largest absolute Gasteiger partial charge is 0.356 e. The van der Waals surface area contributed by atoms with Crippen LogP contribution in [0.2, 0.25) is 0 Å². The van der Waals surface area contributed by atoms with Gasteiger partial charge in [-0.1, -0.05) is 32.0 Å². The number of anilines is 4. The Morgan fingerprint density at radius 2 is 2.08 bits per heavy atom. The van der Waals surface area contributed by atoms with Crippen LogP contribution in [-0.4, -0.2) is 28.5 Å². The molecule has 1 aromatic heterocycles. The van der Waals surface area contributed by atoms with Crippen LogP contribution >= 0.6 is 0 Å². The van der Waals surface area contributed by atoms with Gasteiger partial charge in [-0.25, -0.2) is 9.97 Å². The normalized spacial score (nSPS) is 19.4. The summed E-state index contributed by atoms with van der Waals surface area (Å²) in [5, 5.41) is 6.28. The fourth-order valence-corrected chi connectivity index (χ4v) is 3.44. The Kier molecular flexibility index (Phi) is 3.59. The zero-order chi connectivity index (χ0) is 16.7. The number of aromatic nitrogens is 2. The third-order valence-electron chi connectivity index (χ3n) is 4.68. The molecule has 2 aliphatic rings. The minimum absolute atomic E-state index is 0.0288. The van der Waals surface area contributed by atoms with Crippen molar-refractivity contribution in [3.05, 3.63) is 36.2 Å². The number of carbonyl (C=O) groups is 1. The molecule has 1 amide bonds. The molecule has 0 saturated carbocycles. The van der Waals surface area contributed by atoms with Gasteiger partial charge < -0.3 is 15.5 Å². The Hall–Kier alpha value is -2.63. The first-order valence-electron chi connectivity index (χ1n) is 8.43. The zero-order valence-corrected chi connectivity index (χ0v) is 13.9. The lowest BCUT2D eigenvalue weighted by molar-refractivity contribution is -0.117. The van der Waals surface area contributed by atoms with E-state index in [1.54, 1.807) is 6.33 Å². The van der Waals surface area contributed by atoms with Crippen LogP contribution in [0.1, 0.15) is 25.8 Å². The van der Waals surface area contributed by atoms with E-state index in [4.69, 9.17) is 0 Å². The van der Waals surface area contributed by atoms with Gasteiger partial charge in [0.2, 0.25) is 5.91 Å². The zero-order valence-electron chi connectivity index (χ0n) is 13.9. The van der Waals surface area contributed by atoms with E-state index in [1.165, 1.54) is 5.56 Å². The summed E-state index contributed by atoms with van der Waals surface area (Å²) in [4.78, 5) is 23.4. The van der Waals surface area contributed by atoms with Crippen LogP contribution in [0.25, 0.3) is 0 Å². The van der Waals surface area contributed by atoms with Crippen molar-refractivity contribution in [2.75, 3.05) is 22.1 Å². The van der Waals surface area contributed by atoms with E-state index in [1.807, 2.05) is 19.9 Å². The number of fused-ring (bicyclic) bond motifs is 2. The molecular weight excluding hydrogens is 302 g/mol. The molecule has 2 aliphatic heterocycles. The number of amides is 1. The molecule has 0 bridgehead atoms. The lowest BCUT2D eigenvalue weighted by Crippen LogP contribution is -2.43. The first-order valence-corrected chi connectivity index (χ1v) is 8.43. The fourth-order valence-electron chi connectivity index (χ4n) is 3.44. The van der Waals surface area contributed by atoms with Crippen LogP contribution in [0.15, 0.2) is 30.6 Å². The standard InChI is InChI=1S/C18H21N5O/c1-11(2)14-18(24)22-15-16(21-14)19-10-20-17(15)23-9-5-7-12-6-3-4-8-13(12)23/h3-4,6,8,10-11,14H,5,7,9H2,1-2H3,(H,22,24)(H,19,20,21). The van der Waals surface area contributed by atoms with Gasteiger partial charge in [-0.15, -0.1) is 0 Å². The third-order valence-corrected chi connectivity index (χ3v) is 4.68. The van der Waals surface area contributed by atoms with Crippen LogP contribution in [0, 0.1) is 5.92 Å². The number of hydrogen-bond acceptors (Lipinski definition) is 5. The number of rotatable bonds is 2. The Bertz CT molecular complexity index is 789. The van der Waals surface area contributed by atoms with Crippen LogP contribution in [0.3, 0.4) is 0 Å². The number of benzene rings is 1.